The van der Waals surface area contributed by atoms with Gasteiger partial charge in [-0.3, -0.25) is 0 Å². The van der Waals surface area contributed by atoms with Crippen molar-refractivity contribution < 1.29 is 14.2 Å². The van der Waals surface area contributed by atoms with Gasteiger partial charge in [-0.2, -0.15) is 0 Å². The van der Waals surface area contributed by atoms with E-state index in [0.29, 0.717) is 0 Å². The lowest BCUT2D eigenvalue weighted by Gasteiger charge is -2.41. The second kappa shape index (κ2) is 4.78. The van der Waals surface area contributed by atoms with Gasteiger partial charge in [0.05, 0.1) is 6.61 Å². The van der Waals surface area contributed by atoms with Gasteiger partial charge in [0.25, 0.3) is 0 Å². The molecule has 1 unspecified atom stereocenters. The van der Waals surface area contributed by atoms with Crippen LogP contribution < -0.4 is 5.32 Å². The van der Waals surface area contributed by atoms with Gasteiger partial charge in [0, 0.05) is 33.7 Å². The standard InChI is InChI=1S/C11H21NO3/c1-13-11(14-2)5-6-12-7-10(11)15-8-9-3-4-9/h9-10,12H,3-8H2,1-2H3. The molecule has 0 aromatic heterocycles. The third kappa shape index (κ3) is 2.50. The summed E-state index contributed by atoms with van der Waals surface area (Å²) in [6.07, 6.45) is 3.48. The molecular formula is C11H21NO3. The van der Waals surface area contributed by atoms with Crippen molar-refractivity contribution in [1.29, 1.82) is 0 Å². The van der Waals surface area contributed by atoms with E-state index >= 15 is 0 Å². The predicted octanol–water partition coefficient (Wildman–Crippen LogP) is 0.764. The Bertz CT molecular complexity index is 202. The minimum Gasteiger partial charge on any atom is -0.371 e. The van der Waals surface area contributed by atoms with Gasteiger partial charge < -0.3 is 19.5 Å². The molecule has 15 heavy (non-hydrogen) atoms. The molecule has 1 saturated carbocycles. The number of methoxy groups -OCH3 is 2. The number of hydrogen-bond acceptors (Lipinski definition) is 4. The number of rotatable bonds is 5. The summed E-state index contributed by atoms with van der Waals surface area (Å²) in [5.74, 6) is 0.235. The largest absolute Gasteiger partial charge is 0.371 e. The van der Waals surface area contributed by atoms with Gasteiger partial charge in [-0.15, -0.1) is 0 Å². The van der Waals surface area contributed by atoms with Crippen LogP contribution in [0.1, 0.15) is 19.3 Å². The maximum Gasteiger partial charge on any atom is 0.196 e. The van der Waals surface area contributed by atoms with Crippen molar-refractivity contribution in [3.05, 3.63) is 0 Å². The van der Waals surface area contributed by atoms with E-state index in [1.165, 1.54) is 12.8 Å². The highest BCUT2D eigenvalue weighted by atomic mass is 16.7. The second-order valence-electron chi connectivity index (χ2n) is 4.44. The lowest BCUT2D eigenvalue weighted by molar-refractivity contribution is -0.278. The molecule has 0 aromatic carbocycles. The molecule has 2 rings (SSSR count). The highest BCUT2D eigenvalue weighted by molar-refractivity contribution is 4.88. The van der Waals surface area contributed by atoms with Crippen LogP contribution in [0.25, 0.3) is 0 Å². The van der Waals surface area contributed by atoms with Gasteiger partial charge in [0.2, 0.25) is 0 Å². The Morgan fingerprint density at radius 3 is 2.60 bits per heavy atom. The van der Waals surface area contributed by atoms with Crippen LogP contribution in [0.3, 0.4) is 0 Å². The Kier molecular flexibility index (Phi) is 3.61. The van der Waals surface area contributed by atoms with Gasteiger partial charge in [0.15, 0.2) is 5.79 Å². The molecule has 1 heterocycles. The predicted molar refractivity (Wildman–Crippen MR) is 56.7 cm³/mol. The van der Waals surface area contributed by atoms with E-state index in [-0.39, 0.29) is 6.10 Å². The van der Waals surface area contributed by atoms with Crippen molar-refractivity contribution in [3.63, 3.8) is 0 Å². The molecule has 1 aliphatic heterocycles. The summed E-state index contributed by atoms with van der Waals surface area (Å²) in [6, 6.07) is 0. The number of hydrogen-bond donors (Lipinski definition) is 1. The van der Waals surface area contributed by atoms with Crippen molar-refractivity contribution in [3.8, 4) is 0 Å². The molecule has 0 spiro atoms. The normalized spacial score (nSPS) is 30.4. The summed E-state index contributed by atoms with van der Waals surface area (Å²) in [5.41, 5.74) is 0. The van der Waals surface area contributed by atoms with Gasteiger partial charge in [-0.05, 0) is 18.8 Å². The summed E-state index contributed by atoms with van der Waals surface area (Å²) < 4.78 is 16.9. The van der Waals surface area contributed by atoms with Gasteiger partial charge in [-0.25, -0.2) is 0 Å². The molecule has 0 bridgehead atoms. The van der Waals surface area contributed by atoms with Gasteiger partial charge >= 0.3 is 0 Å². The van der Waals surface area contributed by atoms with Crippen molar-refractivity contribution >= 4 is 0 Å². The monoisotopic (exact) mass is 215 g/mol. The molecular weight excluding hydrogens is 194 g/mol. The molecule has 1 N–H and O–H groups in total. The summed E-state index contributed by atoms with van der Waals surface area (Å²) in [6.45, 7) is 2.58. The zero-order valence-electron chi connectivity index (χ0n) is 9.62. The molecule has 2 fully saturated rings. The average molecular weight is 215 g/mol. The van der Waals surface area contributed by atoms with Crippen LogP contribution in [0.15, 0.2) is 0 Å². The van der Waals surface area contributed by atoms with Gasteiger partial charge in [0.1, 0.15) is 6.10 Å². The third-order valence-electron chi connectivity index (χ3n) is 3.39. The molecule has 4 nitrogen and oxygen atoms in total. The van der Waals surface area contributed by atoms with Crippen LogP contribution >= 0.6 is 0 Å². The Morgan fingerprint density at radius 1 is 1.27 bits per heavy atom. The second-order valence-corrected chi connectivity index (χ2v) is 4.44. The van der Waals surface area contributed by atoms with Crippen molar-refractivity contribution in [1.82, 2.24) is 5.32 Å². The van der Waals surface area contributed by atoms with Crippen molar-refractivity contribution in [2.45, 2.75) is 31.2 Å². The van der Waals surface area contributed by atoms with Crippen LogP contribution in [0.5, 0.6) is 0 Å². The van der Waals surface area contributed by atoms with Crippen LogP contribution in [-0.4, -0.2) is 45.8 Å². The average Bonchev–Trinajstić information content (AvgIpc) is 3.10. The fourth-order valence-electron chi connectivity index (χ4n) is 2.09. The van der Waals surface area contributed by atoms with E-state index < -0.39 is 5.79 Å². The summed E-state index contributed by atoms with van der Waals surface area (Å²) in [4.78, 5) is 0. The van der Waals surface area contributed by atoms with Crippen molar-refractivity contribution in [2.75, 3.05) is 33.9 Å². The molecule has 88 valence electrons. The molecule has 4 heteroatoms. The van der Waals surface area contributed by atoms with Crippen LogP contribution in [0, 0.1) is 5.92 Å². The third-order valence-corrected chi connectivity index (χ3v) is 3.39. The first kappa shape index (κ1) is 11.3. The zero-order chi connectivity index (χ0) is 10.7. The highest BCUT2D eigenvalue weighted by Crippen LogP contribution is 2.32. The number of nitrogens with one attached hydrogen (secondary N) is 1. The fourth-order valence-corrected chi connectivity index (χ4v) is 2.09. The number of piperidine rings is 1. The minimum atomic E-state index is -0.542. The minimum absolute atomic E-state index is 0.0156. The highest BCUT2D eigenvalue weighted by Gasteiger charge is 2.43. The first-order chi connectivity index (χ1) is 7.30. The Morgan fingerprint density at radius 2 is 2.00 bits per heavy atom. The van der Waals surface area contributed by atoms with E-state index in [4.69, 9.17) is 14.2 Å². The maximum atomic E-state index is 5.89. The topological polar surface area (TPSA) is 39.7 Å². The zero-order valence-corrected chi connectivity index (χ0v) is 9.62. The summed E-state index contributed by atoms with van der Waals surface area (Å²) in [5, 5.41) is 3.32. The molecule has 0 radical (unpaired) electrons. The quantitative estimate of drug-likeness (QED) is 0.687. The van der Waals surface area contributed by atoms with E-state index in [1.807, 2.05) is 0 Å². The van der Waals surface area contributed by atoms with E-state index in [2.05, 4.69) is 5.32 Å². The summed E-state index contributed by atoms with van der Waals surface area (Å²) in [7, 11) is 3.39. The fraction of sp³-hybridized carbons (Fsp3) is 1.00. The van der Waals surface area contributed by atoms with E-state index in [0.717, 1.165) is 32.0 Å². The molecule has 0 amide bonds. The van der Waals surface area contributed by atoms with Crippen LogP contribution in [0.4, 0.5) is 0 Å². The Hall–Kier alpha value is -0.160. The van der Waals surface area contributed by atoms with E-state index in [9.17, 15) is 0 Å². The Labute approximate surface area is 91.3 Å². The first-order valence-electron chi connectivity index (χ1n) is 5.73. The lowest BCUT2D eigenvalue weighted by Crippen LogP contribution is -2.57. The number of ether oxygens (including phenoxy) is 3. The first-order valence-corrected chi connectivity index (χ1v) is 5.73. The SMILES string of the molecule is COC1(OC)CCNCC1OCC1CC1. The smallest absolute Gasteiger partial charge is 0.196 e. The lowest BCUT2D eigenvalue weighted by atomic mass is 10.0. The summed E-state index contributed by atoms with van der Waals surface area (Å²) >= 11 is 0. The van der Waals surface area contributed by atoms with Crippen LogP contribution in [-0.2, 0) is 14.2 Å². The van der Waals surface area contributed by atoms with Crippen LogP contribution in [0.2, 0.25) is 0 Å². The maximum absolute atomic E-state index is 5.89. The molecule has 1 atom stereocenters. The molecule has 0 aromatic rings. The molecule has 1 aliphatic carbocycles. The van der Waals surface area contributed by atoms with Crippen molar-refractivity contribution in [2.24, 2.45) is 5.92 Å². The van der Waals surface area contributed by atoms with Gasteiger partial charge in [-0.1, -0.05) is 0 Å². The molecule has 1 saturated heterocycles. The molecule has 2 aliphatic rings. The van der Waals surface area contributed by atoms with E-state index in [1.54, 1.807) is 14.2 Å². The Balaban J connectivity index is 1.90.